The van der Waals surface area contributed by atoms with Gasteiger partial charge < -0.3 is 15.1 Å². The Morgan fingerprint density at radius 2 is 2.08 bits per heavy atom. The van der Waals surface area contributed by atoms with Crippen LogP contribution < -0.4 is 4.72 Å². The van der Waals surface area contributed by atoms with Crippen LogP contribution in [-0.2, 0) is 14.8 Å². The van der Waals surface area contributed by atoms with Crippen LogP contribution in [0.4, 0.5) is 10.1 Å². The molecule has 8 nitrogen and oxygen atoms in total. The summed E-state index contributed by atoms with van der Waals surface area (Å²) in [7, 11) is -3.72. The lowest BCUT2D eigenvalue weighted by atomic mass is 9.88. The standard InChI is InChI=1S/C14H17FN2O6S/c1-24(22,23)16-11-6-9(2-3-10(11)15)12(19)17-5-4-14(7-17,8-18)13(20)21/h2-3,6,16,18H,4-5,7-8H2,1H3,(H,20,21). The lowest BCUT2D eigenvalue weighted by Gasteiger charge is -2.22. The number of carboxylic acids is 1. The molecule has 1 amide bonds. The Kier molecular flexibility index (Phi) is 4.81. The number of aliphatic hydroxyl groups is 1. The number of hydrogen-bond acceptors (Lipinski definition) is 5. The van der Waals surface area contributed by atoms with Crippen molar-refractivity contribution >= 4 is 27.6 Å². The van der Waals surface area contributed by atoms with Gasteiger partial charge in [0.2, 0.25) is 10.0 Å². The summed E-state index contributed by atoms with van der Waals surface area (Å²) in [6, 6.07) is 3.19. The molecule has 0 spiro atoms. The van der Waals surface area contributed by atoms with Crippen molar-refractivity contribution in [3.8, 4) is 0 Å². The van der Waals surface area contributed by atoms with Gasteiger partial charge >= 0.3 is 5.97 Å². The number of nitrogens with zero attached hydrogens (tertiary/aromatic N) is 1. The molecule has 1 fully saturated rings. The Hall–Kier alpha value is -2.20. The summed E-state index contributed by atoms with van der Waals surface area (Å²) < 4.78 is 38.1. The van der Waals surface area contributed by atoms with Gasteiger partial charge in [0.25, 0.3) is 5.91 Å². The molecule has 2 rings (SSSR count). The normalized spacial score (nSPS) is 20.9. The second kappa shape index (κ2) is 6.36. The molecule has 132 valence electrons. The van der Waals surface area contributed by atoms with E-state index in [9.17, 15) is 32.6 Å². The second-order valence-corrected chi connectivity index (χ2v) is 7.54. The number of nitrogens with one attached hydrogen (secondary N) is 1. The fourth-order valence-electron chi connectivity index (χ4n) is 2.54. The minimum Gasteiger partial charge on any atom is -0.481 e. The summed E-state index contributed by atoms with van der Waals surface area (Å²) in [6.45, 7) is -0.655. The molecule has 0 aliphatic carbocycles. The summed E-state index contributed by atoms with van der Waals surface area (Å²) in [5.74, 6) is -2.60. The quantitative estimate of drug-likeness (QED) is 0.684. The highest BCUT2D eigenvalue weighted by atomic mass is 32.2. The topological polar surface area (TPSA) is 124 Å². The molecule has 1 saturated heterocycles. The van der Waals surface area contributed by atoms with Crippen LogP contribution in [0.2, 0.25) is 0 Å². The third-order valence-electron chi connectivity index (χ3n) is 3.91. The summed E-state index contributed by atoms with van der Waals surface area (Å²) in [4.78, 5) is 25.0. The van der Waals surface area contributed by atoms with Crippen LogP contribution >= 0.6 is 0 Å². The predicted octanol–water partition coefficient (Wildman–Crippen LogP) is 0.106. The Balaban J connectivity index is 2.25. The molecule has 1 aromatic rings. The molecule has 24 heavy (non-hydrogen) atoms. The van der Waals surface area contributed by atoms with Gasteiger partial charge in [-0.2, -0.15) is 0 Å². The lowest BCUT2D eigenvalue weighted by molar-refractivity contribution is -0.150. The van der Waals surface area contributed by atoms with E-state index in [-0.39, 0.29) is 30.8 Å². The number of halogens is 1. The van der Waals surface area contributed by atoms with Crippen molar-refractivity contribution < 1.29 is 32.6 Å². The number of carbonyl (C=O) groups excluding carboxylic acids is 1. The van der Waals surface area contributed by atoms with Gasteiger partial charge in [0.1, 0.15) is 11.2 Å². The Morgan fingerprint density at radius 1 is 1.42 bits per heavy atom. The van der Waals surface area contributed by atoms with E-state index in [1.807, 2.05) is 4.72 Å². The lowest BCUT2D eigenvalue weighted by Crippen LogP contribution is -2.39. The van der Waals surface area contributed by atoms with Crippen LogP contribution in [0.1, 0.15) is 16.8 Å². The van der Waals surface area contributed by atoms with Gasteiger partial charge in [0, 0.05) is 18.7 Å². The Bertz CT molecular complexity index is 781. The van der Waals surface area contributed by atoms with Crippen molar-refractivity contribution in [1.29, 1.82) is 0 Å². The first kappa shape index (κ1) is 18.1. The molecule has 0 bridgehead atoms. The van der Waals surface area contributed by atoms with E-state index < -0.39 is 39.7 Å². The van der Waals surface area contributed by atoms with Crippen molar-refractivity contribution in [3.05, 3.63) is 29.6 Å². The number of amides is 1. The summed E-state index contributed by atoms with van der Waals surface area (Å²) in [5.41, 5.74) is -1.76. The third kappa shape index (κ3) is 3.65. The van der Waals surface area contributed by atoms with Crippen molar-refractivity contribution in [3.63, 3.8) is 0 Å². The zero-order chi connectivity index (χ0) is 18.1. The van der Waals surface area contributed by atoms with Gasteiger partial charge in [-0.05, 0) is 24.6 Å². The molecule has 0 saturated carbocycles. The molecule has 1 aromatic carbocycles. The second-order valence-electron chi connectivity index (χ2n) is 5.79. The van der Waals surface area contributed by atoms with Crippen LogP contribution in [0.5, 0.6) is 0 Å². The average Bonchev–Trinajstić information content (AvgIpc) is 2.93. The minimum atomic E-state index is -3.72. The molecule has 1 unspecified atom stereocenters. The molecule has 0 radical (unpaired) electrons. The van der Waals surface area contributed by atoms with Crippen LogP contribution in [0, 0.1) is 11.2 Å². The third-order valence-corrected chi connectivity index (χ3v) is 4.50. The number of carbonyl (C=O) groups is 2. The molecular formula is C14H17FN2O6S. The first-order valence-electron chi connectivity index (χ1n) is 6.99. The van der Waals surface area contributed by atoms with Gasteiger partial charge in [-0.3, -0.25) is 14.3 Å². The Morgan fingerprint density at radius 3 is 2.58 bits per heavy atom. The molecule has 10 heteroatoms. The van der Waals surface area contributed by atoms with E-state index >= 15 is 0 Å². The number of sulfonamides is 1. The Labute approximate surface area is 137 Å². The highest BCUT2D eigenvalue weighted by Gasteiger charge is 2.46. The number of likely N-dealkylation sites (tertiary alicyclic amines) is 1. The van der Waals surface area contributed by atoms with Gasteiger partial charge in [0.15, 0.2) is 0 Å². The van der Waals surface area contributed by atoms with Crippen LogP contribution in [0.15, 0.2) is 18.2 Å². The van der Waals surface area contributed by atoms with E-state index in [0.717, 1.165) is 18.4 Å². The largest absolute Gasteiger partial charge is 0.481 e. The number of carboxylic acid groups (broad SMARTS) is 1. The molecule has 1 atom stereocenters. The zero-order valence-corrected chi connectivity index (χ0v) is 13.6. The maximum Gasteiger partial charge on any atom is 0.313 e. The monoisotopic (exact) mass is 360 g/mol. The van der Waals surface area contributed by atoms with E-state index in [1.54, 1.807) is 0 Å². The minimum absolute atomic E-state index is 0.0154. The molecule has 1 aliphatic heterocycles. The predicted molar refractivity (Wildman–Crippen MR) is 82.5 cm³/mol. The maximum atomic E-state index is 13.7. The van der Waals surface area contributed by atoms with E-state index in [1.165, 1.54) is 11.0 Å². The van der Waals surface area contributed by atoms with Gasteiger partial charge in [0.05, 0.1) is 18.6 Å². The van der Waals surface area contributed by atoms with E-state index in [0.29, 0.717) is 0 Å². The summed E-state index contributed by atoms with van der Waals surface area (Å²) >= 11 is 0. The maximum absolute atomic E-state index is 13.7. The highest BCUT2D eigenvalue weighted by molar-refractivity contribution is 7.92. The fraction of sp³-hybridized carbons (Fsp3) is 0.429. The van der Waals surface area contributed by atoms with E-state index in [2.05, 4.69) is 0 Å². The van der Waals surface area contributed by atoms with Crippen LogP contribution in [0.3, 0.4) is 0 Å². The highest BCUT2D eigenvalue weighted by Crippen LogP contribution is 2.31. The summed E-state index contributed by atoms with van der Waals surface area (Å²) in [6.07, 6.45) is 0.948. The van der Waals surface area contributed by atoms with Crippen molar-refractivity contribution in [2.24, 2.45) is 5.41 Å². The zero-order valence-electron chi connectivity index (χ0n) is 12.8. The SMILES string of the molecule is CS(=O)(=O)Nc1cc(C(=O)N2CCC(CO)(C(=O)O)C2)ccc1F. The average molecular weight is 360 g/mol. The molecule has 0 aromatic heterocycles. The van der Waals surface area contributed by atoms with Gasteiger partial charge in [-0.15, -0.1) is 0 Å². The van der Waals surface area contributed by atoms with Crippen LogP contribution in [-0.4, -0.2) is 61.4 Å². The first-order chi connectivity index (χ1) is 11.1. The fourth-order valence-corrected chi connectivity index (χ4v) is 3.09. The molecular weight excluding hydrogens is 343 g/mol. The van der Waals surface area contributed by atoms with Crippen LogP contribution in [0.25, 0.3) is 0 Å². The number of rotatable bonds is 5. The summed E-state index contributed by atoms with van der Waals surface area (Å²) in [5, 5.41) is 18.5. The first-order valence-corrected chi connectivity index (χ1v) is 8.88. The van der Waals surface area contributed by atoms with Crippen molar-refractivity contribution in [2.75, 3.05) is 30.7 Å². The number of anilines is 1. The van der Waals surface area contributed by atoms with Crippen molar-refractivity contribution in [2.45, 2.75) is 6.42 Å². The number of hydrogen-bond donors (Lipinski definition) is 3. The van der Waals surface area contributed by atoms with Gasteiger partial charge in [-0.1, -0.05) is 0 Å². The van der Waals surface area contributed by atoms with Crippen molar-refractivity contribution in [1.82, 2.24) is 4.90 Å². The number of aliphatic carboxylic acids is 1. The number of aliphatic hydroxyl groups excluding tert-OH is 1. The smallest absolute Gasteiger partial charge is 0.313 e. The van der Waals surface area contributed by atoms with E-state index in [4.69, 9.17) is 0 Å². The molecule has 1 heterocycles. The molecule has 3 N–H and O–H groups in total. The number of benzene rings is 1. The van der Waals surface area contributed by atoms with Gasteiger partial charge in [-0.25, -0.2) is 12.8 Å². The molecule has 1 aliphatic rings.